The second-order valence-corrected chi connectivity index (χ2v) is 6.70. The molecule has 6 nitrogen and oxygen atoms in total. The fourth-order valence-corrected chi connectivity index (χ4v) is 2.71. The third-order valence-electron chi connectivity index (χ3n) is 4.12. The molecule has 1 aromatic carbocycles. The number of hydrogen-bond donors (Lipinski definition) is 1. The van der Waals surface area contributed by atoms with Gasteiger partial charge in [0.2, 0.25) is 11.8 Å². The number of carbonyl (C=O) groups excluding carboxylic acids is 2. The van der Waals surface area contributed by atoms with Crippen molar-refractivity contribution in [1.82, 2.24) is 10.2 Å². The largest absolute Gasteiger partial charge is 0.381 e. The van der Waals surface area contributed by atoms with Crippen LogP contribution in [0.4, 0.5) is 5.69 Å². The lowest BCUT2D eigenvalue weighted by Crippen LogP contribution is -2.51. The molecular formula is C19H29N3O3. The Morgan fingerprint density at radius 3 is 2.44 bits per heavy atom. The van der Waals surface area contributed by atoms with E-state index in [-0.39, 0.29) is 18.4 Å². The van der Waals surface area contributed by atoms with Gasteiger partial charge in [-0.25, -0.2) is 0 Å². The van der Waals surface area contributed by atoms with Gasteiger partial charge in [0, 0.05) is 44.9 Å². The molecule has 2 amide bonds. The molecular weight excluding hydrogens is 318 g/mol. The number of anilines is 1. The van der Waals surface area contributed by atoms with Crippen molar-refractivity contribution in [3.63, 3.8) is 0 Å². The van der Waals surface area contributed by atoms with Crippen LogP contribution in [0.15, 0.2) is 30.3 Å². The number of nitrogens with zero attached hydrogens (tertiary/aromatic N) is 2. The Kier molecular flexibility index (Phi) is 7.73. The zero-order valence-corrected chi connectivity index (χ0v) is 15.2. The normalized spacial score (nSPS) is 14.7. The summed E-state index contributed by atoms with van der Waals surface area (Å²) < 4.78 is 5.38. The second-order valence-electron chi connectivity index (χ2n) is 6.70. The van der Waals surface area contributed by atoms with Crippen molar-refractivity contribution in [2.24, 2.45) is 5.92 Å². The molecule has 2 rings (SSSR count). The molecule has 1 aromatic rings. The van der Waals surface area contributed by atoms with Crippen LogP contribution >= 0.6 is 0 Å². The minimum Gasteiger partial charge on any atom is -0.381 e. The first kappa shape index (κ1) is 19.2. The summed E-state index contributed by atoms with van der Waals surface area (Å²) in [5.74, 6) is 0.295. The van der Waals surface area contributed by atoms with Crippen LogP contribution in [0.5, 0.6) is 0 Å². The molecule has 138 valence electrons. The Labute approximate surface area is 150 Å². The highest BCUT2D eigenvalue weighted by Crippen LogP contribution is 2.15. The van der Waals surface area contributed by atoms with Crippen LogP contribution in [0.3, 0.4) is 0 Å². The fraction of sp³-hybridized carbons (Fsp3) is 0.579. The predicted molar refractivity (Wildman–Crippen MR) is 98.5 cm³/mol. The number of hydrogen-bond acceptors (Lipinski definition) is 4. The highest BCUT2D eigenvalue weighted by molar-refractivity contribution is 5.84. The summed E-state index contributed by atoms with van der Waals surface area (Å²) in [4.78, 5) is 28.1. The summed E-state index contributed by atoms with van der Waals surface area (Å²) in [5.41, 5.74) is 1.18. The van der Waals surface area contributed by atoms with Crippen molar-refractivity contribution in [3.05, 3.63) is 30.3 Å². The lowest BCUT2D eigenvalue weighted by Gasteiger charge is -2.36. The summed E-state index contributed by atoms with van der Waals surface area (Å²) in [7, 11) is 0. The van der Waals surface area contributed by atoms with Crippen LogP contribution in [-0.4, -0.2) is 62.7 Å². The van der Waals surface area contributed by atoms with E-state index in [1.165, 1.54) is 5.69 Å². The standard InChI is InChI=1S/C19H29N3O3/c1-16(2)15-25-13-8-18(23)20-14-19(24)22-11-9-21(10-12-22)17-6-4-3-5-7-17/h3-7,16H,8-15H2,1-2H3,(H,20,23). The van der Waals surface area contributed by atoms with E-state index in [1.807, 2.05) is 23.1 Å². The van der Waals surface area contributed by atoms with Gasteiger partial charge in [-0.2, -0.15) is 0 Å². The van der Waals surface area contributed by atoms with Gasteiger partial charge in [-0.3, -0.25) is 9.59 Å². The lowest BCUT2D eigenvalue weighted by molar-refractivity contribution is -0.133. The summed E-state index contributed by atoms with van der Waals surface area (Å²) in [5, 5.41) is 2.69. The van der Waals surface area contributed by atoms with E-state index < -0.39 is 0 Å². The van der Waals surface area contributed by atoms with Crippen molar-refractivity contribution in [3.8, 4) is 0 Å². The molecule has 1 aliphatic heterocycles. The van der Waals surface area contributed by atoms with Crippen molar-refractivity contribution in [1.29, 1.82) is 0 Å². The average Bonchev–Trinajstić information content (AvgIpc) is 2.64. The molecule has 1 saturated heterocycles. The smallest absolute Gasteiger partial charge is 0.242 e. The van der Waals surface area contributed by atoms with Gasteiger partial charge in [-0.15, -0.1) is 0 Å². The van der Waals surface area contributed by atoms with E-state index in [1.54, 1.807) is 0 Å². The first-order valence-corrected chi connectivity index (χ1v) is 8.98. The van der Waals surface area contributed by atoms with Gasteiger partial charge in [-0.05, 0) is 18.1 Å². The van der Waals surface area contributed by atoms with Gasteiger partial charge in [0.05, 0.1) is 13.2 Å². The van der Waals surface area contributed by atoms with E-state index in [4.69, 9.17) is 4.74 Å². The van der Waals surface area contributed by atoms with Gasteiger partial charge in [0.1, 0.15) is 0 Å². The molecule has 0 aromatic heterocycles. The summed E-state index contributed by atoms with van der Waals surface area (Å²) in [6.45, 7) is 8.23. The summed E-state index contributed by atoms with van der Waals surface area (Å²) in [6, 6.07) is 10.2. The molecule has 0 bridgehead atoms. The van der Waals surface area contributed by atoms with Crippen LogP contribution < -0.4 is 10.2 Å². The van der Waals surface area contributed by atoms with E-state index >= 15 is 0 Å². The number of piperazine rings is 1. The second kappa shape index (κ2) is 10.0. The van der Waals surface area contributed by atoms with Crippen molar-refractivity contribution in [2.75, 3.05) is 50.8 Å². The first-order valence-electron chi connectivity index (χ1n) is 8.98. The quantitative estimate of drug-likeness (QED) is 0.724. The van der Waals surface area contributed by atoms with Crippen molar-refractivity contribution in [2.45, 2.75) is 20.3 Å². The van der Waals surface area contributed by atoms with Crippen molar-refractivity contribution >= 4 is 17.5 Å². The van der Waals surface area contributed by atoms with E-state index in [0.717, 1.165) is 13.1 Å². The maximum Gasteiger partial charge on any atom is 0.242 e. The zero-order valence-electron chi connectivity index (χ0n) is 15.2. The third-order valence-corrected chi connectivity index (χ3v) is 4.12. The van der Waals surface area contributed by atoms with E-state index in [9.17, 15) is 9.59 Å². The SMILES string of the molecule is CC(C)COCCC(=O)NCC(=O)N1CCN(c2ccccc2)CC1. The molecule has 0 atom stereocenters. The third kappa shape index (κ3) is 6.74. The summed E-state index contributed by atoms with van der Waals surface area (Å²) >= 11 is 0. The highest BCUT2D eigenvalue weighted by atomic mass is 16.5. The monoisotopic (exact) mass is 347 g/mol. The molecule has 0 saturated carbocycles. The molecule has 25 heavy (non-hydrogen) atoms. The molecule has 0 unspecified atom stereocenters. The number of amides is 2. The van der Waals surface area contributed by atoms with Crippen LogP contribution in [-0.2, 0) is 14.3 Å². The maximum atomic E-state index is 12.2. The number of benzene rings is 1. The lowest BCUT2D eigenvalue weighted by atomic mass is 10.2. The molecule has 0 aliphatic carbocycles. The molecule has 6 heteroatoms. The average molecular weight is 347 g/mol. The highest BCUT2D eigenvalue weighted by Gasteiger charge is 2.21. The molecule has 1 aliphatic rings. The molecule has 1 heterocycles. The minimum atomic E-state index is -0.139. The number of para-hydroxylation sites is 1. The Balaban J connectivity index is 1.63. The van der Waals surface area contributed by atoms with E-state index in [2.05, 4.69) is 36.2 Å². The maximum absolute atomic E-state index is 12.2. The predicted octanol–water partition coefficient (Wildman–Crippen LogP) is 1.51. The molecule has 0 radical (unpaired) electrons. The van der Waals surface area contributed by atoms with Gasteiger partial charge < -0.3 is 19.9 Å². The zero-order chi connectivity index (χ0) is 18.1. The topological polar surface area (TPSA) is 61.9 Å². The van der Waals surface area contributed by atoms with Crippen molar-refractivity contribution < 1.29 is 14.3 Å². The first-order chi connectivity index (χ1) is 12.1. The minimum absolute atomic E-state index is 0.0239. The number of carbonyl (C=O) groups is 2. The fourth-order valence-electron chi connectivity index (χ4n) is 2.71. The van der Waals surface area contributed by atoms with Crippen LogP contribution in [0.1, 0.15) is 20.3 Å². The van der Waals surface area contributed by atoms with Gasteiger partial charge in [0.25, 0.3) is 0 Å². The number of ether oxygens (including phenoxy) is 1. The summed E-state index contributed by atoms with van der Waals surface area (Å²) in [6.07, 6.45) is 0.293. The Bertz CT molecular complexity index is 540. The van der Waals surface area contributed by atoms with Crippen LogP contribution in [0.25, 0.3) is 0 Å². The van der Waals surface area contributed by atoms with Crippen LogP contribution in [0, 0.1) is 5.92 Å². The number of rotatable bonds is 8. The Morgan fingerprint density at radius 1 is 1.12 bits per heavy atom. The molecule has 0 spiro atoms. The van der Waals surface area contributed by atoms with Crippen LogP contribution in [0.2, 0.25) is 0 Å². The van der Waals surface area contributed by atoms with Gasteiger partial charge >= 0.3 is 0 Å². The van der Waals surface area contributed by atoms with Gasteiger partial charge in [-0.1, -0.05) is 32.0 Å². The molecule has 1 N–H and O–H groups in total. The van der Waals surface area contributed by atoms with Gasteiger partial charge in [0.15, 0.2) is 0 Å². The van der Waals surface area contributed by atoms with E-state index in [0.29, 0.717) is 38.6 Å². The molecule has 1 fully saturated rings. The Morgan fingerprint density at radius 2 is 1.80 bits per heavy atom. The Hall–Kier alpha value is -2.08. The number of nitrogens with one attached hydrogen (secondary N) is 1.